The van der Waals surface area contributed by atoms with Gasteiger partial charge in [-0.05, 0) is 32.5 Å². The van der Waals surface area contributed by atoms with Crippen LogP contribution in [0.5, 0.6) is 0 Å². The number of Topliss-reactive ketones (excluding diaryl/α,β-unsaturated/α-hetero) is 1. The molecule has 0 bridgehead atoms. The Balaban J connectivity index is 2.63. The molecule has 0 spiro atoms. The summed E-state index contributed by atoms with van der Waals surface area (Å²) in [5, 5.41) is 5.00. The van der Waals surface area contributed by atoms with Crippen molar-refractivity contribution in [2.75, 3.05) is 33.8 Å². The molecule has 1 aromatic heterocycles. The van der Waals surface area contributed by atoms with Gasteiger partial charge in [0.15, 0.2) is 5.78 Å². The maximum atomic E-state index is 12.3. The third kappa shape index (κ3) is 5.81. The fourth-order valence-electron chi connectivity index (χ4n) is 1.70. The average molecular weight is 298 g/mol. The molecule has 6 heteroatoms. The molecule has 0 aliphatic heterocycles. The molecule has 0 aliphatic carbocycles. The number of esters is 1. The number of carbonyl (C=O) groups is 2. The van der Waals surface area contributed by atoms with E-state index in [2.05, 4.69) is 5.32 Å². The van der Waals surface area contributed by atoms with Crippen LogP contribution in [0, 0.1) is 0 Å². The monoisotopic (exact) mass is 298 g/mol. The Morgan fingerprint density at radius 2 is 2.20 bits per heavy atom. The van der Waals surface area contributed by atoms with Crippen molar-refractivity contribution in [2.24, 2.45) is 0 Å². The summed E-state index contributed by atoms with van der Waals surface area (Å²) in [4.78, 5) is 26.6. The quantitative estimate of drug-likeness (QED) is 0.552. The van der Waals surface area contributed by atoms with Gasteiger partial charge in [0.2, 0.25) is 0 Å². The normalized spacial score (nSPS) is 12.4. The molecule has 1 heterocycles. The molecule has 0 amide bonds. The summed E-state index contributed by atoms with van der Waals surface area (Å²) in [5.41, 5.74) is 0. The second kappa shape index (κ2) is 8.84. The van der Waals surface area contributed by atoms with Gasteiger partial charge < -0.3 is 15.0 Å². The maximum absolute atomic E-state index is 12.3. The van der Waals surface area contributed by atoms with Gasteiger partial charge in [-0.3, -0.25) is 9.59 Å². The van der Waals surface area contributed by atoms with Gasteiger partial charge in [-0.25, -0.2) is 0 Å². The van der Waals surface area contributed by atoms with Crippen LogP contribution in [-0.4, -0.2) is 56.5 Å². The predicted octanol–water partition coefficient (Wildman–Crippen LogP) is 1.40. The van der Waals surface area contributed by atoms with E-state index in [0.29, 0.717) is 18.0 Å². The molecular weight excluding hydrogens is 276 g/mol. The molecule has 1 aromatic rings. The summed E-state index contributed by atoms with van der Waals surface area (Å²) >= 11 is 1.39. The highest BCUT2D eigenvalue weighted by atomic mass is 32.1. The van der Waals surface area contributed by atoms with Crippen LogP contribution in [0.3, 0.4) is 0 Å². The molecule has 1 atom stereocenters. The maximum Gasteiger partial charge on any atom is 0.307 e. The van der Waals surface area contributed by atoms with Crippen molar-refractivity contribution in [3.63, 3.8) is 0 Å². The molecule has 0 fully saturated rings. The first-order valence-corrected chi connectivity index (χ1v) is 7.54. The van der Waals surface area contributed by atoms with Crippen molar-refractivity contribution in [3.8, 4) is 0 Å². The summed E-state index contributed by atoms with van der Waals surface area (Å²) in [6, 6.07) is 3.09. The Kier molecular flexibility index (Phi) is 7.43. The highest BCUT2D eigenvalue weighted by Gasteiger charge is 2.23. The molecule has 20 heavy (non-hydrogen) atoms. The number of hydrogen-bond acceptors (Lipinski definition) is 6. The second-order valence-electron chi connectivity index (χ2n) is 4.66. The second-order valence-corrected chi connectivity index (χ2v) is 5.61. The van der Waals surface area contributed by atoms with Gasteiger partial charge in [0.25, 0.3) is 0 Å². The lowest BCUT2D eigenvalue weighted by molar-refractivity contribution is -0.143. The third-order valence-electron chi connectivity index (χ3n) is 2.71. The zero-order valence-electron chi connectivity index (χ0n) is 12.2. The lowest BCUT2D eigenvalue weighted by Crippen LogP contribution is -2.41. The zero-order valence-corrected chi connectivity index (χ0v) is 13.0. The topological polar surface area (TPSA) is 58.6 Å². The predicted molar refractivity (Wildman–Crippen MR) is 80.2 cm³/mol. The first kappa shape index (κ1) is 16.8. The highest BCUT2D eigenvalue weighted by Crippen LogP contribution is 2.13. The minimum atomic E-state index is -0.521. The Bertz CT molecular complexity index is 418. The lowest BCUT2D eigenvalue weighted by atomic mass is 10.1. The van der Waals surface area contributed by atoms with Crippen molar-refractivity contribution < 1.29 is 14.3 Å². The molecule has 1 N–H and O–H groups in total. The number of ketones is 1. The molecule has 0 aliphatic rings. The lowest BCUT2D eigenvalue weighted by Gasteiger charge is -2.18. The van der Waals surface area contributed by atoms with Crippen molar-refractivity contribution in [1.82, 2.24) is 10.2 Å². The SMILES string of the molecule is CCOC(=O)CC(NCCN(C)C)C(=O)c1cccs1. The van der Waals surface area contributed by atoms with E-state index in [1.54, 1.807) is 13.0 Å². The number of ether oxygens (including phenoxy) is 1. The first-order valence-electron chi connectivity index (χ1n) is 6.66. The summed E-state index contributed by atoms with van der Waals surface area (Å²) < 4.78 is 4.93. The number of thiophene rings is 1. The Hall–Kier alpha value is -1.24. The fraction of sp³-hybridized carbons (Fsp3) is 0.571. The smallest absolute Gasteiger partial charge is 0.307 e. The number of nitrogens with zero attached hydrogens (tertiary/aromatic N) is 1. The van der Waals surface area contributed by atoms with Gasteiger partial charge in [-0.15, -0.1) is 11.3 Å². The minimum Gasteiger partial charge on any atom is -0.466 e. The van der Waals surface area contributed by atoms with E-state index in [4.69, 9.17) is 4.74 Å². The molecular formula is C14H22N2O3S. The molecule has 0 saturated heterocycles. The number of likely N-dealkylation sites (N-methyl/N-ethyl adjacent to an activating group) is 1. The van der Waals surface area contributed by atoms with Gasteiger partial charge in [0, 0.05) is 13.1 Å². The summed E-state index contributed by atoms with van der Waals surface area (Å²) in [6.45, 7) is 3.54. The Labute approximate surface area is 123 Å². The summed E-state index contributed by atoms with van der Waals surface area (Å²) in [7, 11) is 3.92. The van der Waals surface area contributed by atoms with Crippen LogP contribution >= 0.6 is 11.3 Å². The van der Waals surface area contributed by atoms with Crippen molar-refractivity contribution in [3.05, 3.63) is 22.4 Å². The van der Waals surface area contributed by atoms with E-state index in [1.807, 2.05) is 30.4 Å². The molecule has 0 saturated carbocycles. The first-order chi connectivity index (χ1) is 9.54. The van der Waals surface area contributed by atoms with Gasteiger partial charge in [-0.1, -0.05) is 6.07 Å². The number of carbonyl (C=O) groups excluding carboxylic acids is 2. The molecule has 0 radical (unpaired) electrons. The van der Waals surface area contributed by atoms with Gasteiger partial charge in [0.1, 0.15) is 0 Å². The molecule has 112 valence electrons. The number of rotatable bonds is 9. The largest absolute Gasteiger partial charge is 0.466 e. The van der Waals surface area contributed by atoms with Gasteiger partial charge in [-0.2, -0.15) is 0 Å². The van der Waals surface area contributed by atoms with Crippen LogP contribution in [0.2, 0.25) is 0 Å². The van der Waals surface area contributed by atoms with Crippen LogP contribution in [0.1, 0.15) is 23.0 Å². The van der Waals surface area contributed by atoms with Crippen LogP contribution < -0.4 is 5.32 Å². The Morgan fingerprint density at radius 1 is 1.45 bits per heavy atom. The van der Waals surface area contributed by atoms with E-state index >= 15 is 0 Å². The van der Waals surface area contributed by atoms with Crippen LogP contribution in [-0.2, 0) is 9.53 Å². The summed E-state index contributed by atoms with van der Waals surface area (Å²) in [6.07, 6.45) is 0.0675. The highest BCUT2D eigenvalue weighted by molar-refractivity contribution is 7.12. The number of nitrogens with one attached hydrogen (secondary N) is 1. The zero-order chi connectivity index (χ0) is 15.0. The van der Waals surface area contributed by atoms with E-state index in [9.17, 15) is 9.59 Å². The molecule has 1 rings (SSSR count). The van der Waals surface area contributed by atoms with E-state index < -0.39 is 6.04 Å². The van der Waals surface area contributed by atoms with E-state index in [0.717, 1.165) is 6.54 Å². The molecule has 1 unspecified atom stereocenters. The van der Waals surface area contributed by atoms with Crippen molar-refractivity contribution in [2.45, 2.75) is 19.4 Å². The van der Waals surface area contributed by atoms with Crippen LogP contribution in [0.25, 0.3) is 0 Å². The third-order valence-corrected chi connectivity index (χ3v) is 3.59. The fourth-order valence-corrected chi connectivity index (χ4v) is 2.42. The molecule has 5 nitrogen and oxygen atoms in total. The van der Waals surface area contributed by atoms with Crippen molar-refractivity contribution in [1.29, 1.82) is 0 Å². The Morgan fingerprint density at radius 3 is 2.75 bits per heavy atom. The van der Waals surface area contributed by atoms with Gasteiger partial charge in [0.05, 0.1) is 23.9 Å². The standard InChI is InChI=1S/C14H22N2O3S/c1-4-19-13(17)10-11(15-7-8-16(2)3)14(18)12-6-5-9-20-12/h5-6,9,11,15H,4,7-8,10H2,1-3H3. The summed E-state index contributed by atoms with van der Waals surface area (Å²) in [5.74, 6) is -0.397. The molecule has 0 aromatic carbocycles. The average Bonchev–Trinajstić information content (AvgIpc) is 2.90. The van der Waals surface area contributed by atoms with Gasteiger partial charge >= 0.3 is 5.97 Å². The van der Waals surface area contributed by atoms with E-state index in [-0.39, 0.29) is 18.2 Å². The van der Waals surface area contributed by atoms with Crippen LogP contribution in [0.15, 0.2) is 17.5 Å². The number of hydrogen-bond donors (Lipinski definition) is 1. The minimum absolute atomic E-state index is 0.0493. The van der Waals surface area contributed by atoms with Crippen molar-refractivity contribution >= 4 is 23.1 Å². The van der Waals surface area contributed by atoms with Crippen LogP contribution in [0.4, 0.5) is 0 Å². The van der Waals surface area contributed by atoms with E-state index in [1.165, 1.54) is 11.3 Å².